The highest BCUT2D eigenvalue weighted by atomic mass is 35.5. The van der Waals surface area contributed by atoms with E-state index in [1.54, 1.807) is 31.3 Å². The summed E-state index contributed by atoms with van der Waals surface area (Å²) in [4.78, 5) is 26.3. The van der Waals surface area contributed by atoms with Crippen LogP contribution in [0.3, 0.4) is 0 Å². The molecule has 4 nitrogen and oxygen atoms in total. The summed E-state index contributed by atoms with van der Waals surface area (Å²) in [6, 6.07) is 12.0. The molecule has 0 radical (unpaired) electrons. The first-order chi connectivity index (χ1) is 10.5. The number of nitrogens with zero attached hydrogens (tertiary/aromatic N) is 1. The number of nitrogens with one attached hydrogen (secondary N) is 1. The predicted octanol–water partition coefficient (Wildman–Crippen LogP) is 3.69. The van der Waals surface area contributed by atoms with Gasteiger partial charge < -0.3 is 10.2 Å². The molecule has 0 saturated heterocycles. The number of fused-ring (bicyclic) bond motifs is 1. The first kappa shape index (κ1) is 14.9. The fraction of sp³-hybridized carbons (Fsp3) is 0.125. The summed E-state index contributed by atoms with van der Waals surface area (Å²) in [7, 11) is 1.66. The standard InChI is InChI=1S/C16H12Cl2N2O2/c1-20-13-5-3-2-4-10(13)14(16(20)22)15(21)19-9-6-7-11(17)12(18)8-9/h2-8,14H,1H3,(H,19,21). The van der Waals surface area contributed by atoms with E-state index in [-0.39, 0.29) is 11.8 Å². The van der Waals surface area contributed by atoms with Gasteiger partial charge in [0, 0.05) is 18.4 Å². The Kier molecular flexibility index (Phi) is 3.81. The van der Waals surface area contributed by atoms with Crippen LogP contribution in [0.25, 0.3) is 0 Å². The van der Waals surface area contributed by atoms with Gasteiger partial charge in [0.05, 0.1) is 10.0 Å². The highest BCUT2D eigenvalue weighted by molar-refractivity contribution is 6.42. The molecule has 6 heteroatoms. The first-order valence-electron chi connectivity index (χ1n) is 6.61. The zero-order valence-electron chi connectivity index (χ0n) is 11.6. The maximum absolute atomic E-state index is 12.5. The third kappa shape index (κ3) is 2.45. The topological polar surface area (TPSA) is 49.4 Å². The molecule has 1 N–H and O–H groups in total. The quantitative estimate of drug-likeness (QED) is 0.851. The summed E-state index contributed by atoms with van der Waals surface area (Å²) in [6.07, 6.45) is 0. The van der Waals surface area contributed by atoms with Crippen molar-refractivity contribution in [3.63, 3.8) is 0 Å². The average molecular weight is 335 g/mol. The van der Waals surface area contributed by atoms with Crippen molar-refractivity contribution in [3.8, 4) is 0 Å². The highest BCUT2D eigenvalue weighted by Gasteiger charge is 2.39. The number of anilines is 2. The van der Waals surface area contributed by atoms with Gasteiger partial charge in [0.2, 0.25) is 11.8 Å². The predicted molar refractivity (Wildman–Crippen MR) is 87.7 cm³/mol. The van der Waals surface area contributed by atoms with Crippen LogP contribution in [0.15, 0.2) is 42.5 Å². The normalized spacial score (nSPS) is 16.6. The Labute approximate surface area is 137 Å². The summed E-state index contributed by atoms with van der Waals surface area (Å²) in [6.45, 7) is 0. The highest BCUT2D eigenvalue weighted by Crippen LogP contribution is 2.37. The van der Waals surface area contributed by atoms with Crippen LogP contribution in [0.5, 0.6) is 0 Å². The second-order valence-electron chi connectivity index (χ2n) is 5.01. The lowest BCUT2D eigenvalue weighted by molar-refractivity contribution is -0.126. The van der Waals surface area contributed by atoms with Gasteiger partial charge in [-0.15, -0.1) is 0 Å². The summed E-state index contributed by atoms with van der Waals surface area (Å²) in [5.41, 5.74) is 1.95. The molecule has 22 heavy (non-hydrogen) atoms. The molecule has 1 atom stereocenters. The van der Waals surface area contributed by atoms with Crippen molar-refractivity contribution in [1.82, 2.24) is 0 Å². The number of benzene rings is 2. The van der Waals surface area contributed by atoms with E-state index in [1.165, 1.54) is 4.90 Å². The zero-order valence-corrected chi connectivity index (χ0v) is 13.2. The summed E-state index contributed by atoms with van der Waals surface area (Å²) in [5, 5.41) is 3.46. The summed E-state index contributed by atoms with van der Waals surface area (Å²) >= 11 is 11.8. The van der Waals surface area contributed by atoms with Gasteiger partial charge in [0.15, 0.2) is 0 Å². The molecule has 0 aromatic heterocycles. The second kappa shape index (κ2) is 5.63. The molecule has 1 heterocycles. The molecular weight excluding hydrogens is 323 g/mol. The van der Waals surface area contributed by atoms with Crippen LogP contribution in [-0.2, 0) is 9.59 Å². The van der Waals surface area contributed by atoms with Crippen molar-refractivity contribution in [1.29, 1.82) is 0 Å². The van der Waals surface area contributed by atoms with Gasteiger partial charge in [-0.1, -0.05) is 41.4 Å². The van der Waals surface area contributed by atoms with Gasteiger partial charge in [-0.3, -0.25) is 9.59 Å². The van der Waals surface area contributed by atoms with Gasteiger partial charge in [-0.25, -0.2) is 0 Å². The lowest BCUT2D eigenvalue weighted by Gasteiger charge is -2.12. The van der Waals surface area contributed by atoms with Gasteiger partial charge >= 0.3 is 0 Å². The third-order valence-electron chi connectivity index (χ3n) is 3.64. The number of hydrogen-bond acceptors (Lipinski definition) is 2. The van der Waals surface area contributed by atoms with E-state index in [0.717, 1.165) is 5.69 Å². The molecule has 1 aliphatic rings. The van der Waals surface area contributed by atoms with Crippen molar-refractivity contribution in [2.75, 3.05) is 17.3 Å². The molecular formula is C16H12Cl2N2O2. The maximum Gasteiger partial charge on any atom is 0.243 e. The van der Waals surface area contributed by atoms with Crippen molar-refractivity contribution in [2.45, 2.75) is 5.92 Å². The summed E-state index contributed by atoms with van der Waals surface area (Å²) in [5.74, 6) is -1.49. The van der Waals surface area contributed by atoms with E-state index in [0.29, 0.717) is 21.3 Å². The lowest BCUT2D eigenvalue weighted by Crippen LogP contribution is -2.31. The Balaban J connectivity index is 1.89. The van der Waals surface area contributed by atoms with Crippen molar-refractivity contribution in [3.05, 3.63) is 58.1 Å². The van der Waals surface area contributed by atoms with Gasteiger partial charge in [0.25, 0.3) is 0 Å². The molecule has 2 amide bonds. The van der Waals surface area contributed by atoms with Crippen LogP contribution in [-0.4, -0.2) is 18.9 Å². The maximum atomic E-state index is 12.5. The van der Waals surface area contributed by atoms with E-state index in [1.807, 2.05) is 18.2 Å². The number of amides is 2. The second-order valence-corrected chi connectivity index (χ2v) is 5.82. The van der Waals surface area contributed by atoms with E-state index >= 15 is 0 Å². The molecule has 0 saturated carbocycles. The van der Waals surface area contributed by atoms with Gasteiger partial charge in [-0.2, -0.15) is 0 Å². The molecule has 2 aromatic carbocycles. The Hall–Kier alpha value is -2.04. The molecule has 0 bridgehead atoms. The van der Waals surface area contributed by atoms with Crippen molar-refractivity contribution < 1.29 is 9.59 Å². The van der Waals surface area contributed by atoms with Crippen LogP contribution in [0, 0.1) is 0 Å². The Morgan fingerprint density at radius 3 is 2.59 bits per heavy atom. The fourth-order valence-electron chi connectivity index (χ4n) is 2.52. The molecule has 0 aliphatic carbocycles. The molecule has 1 aliphatic heterocycles. The number of carbonyl (C=O) groups is 2. The van der Waals surface area contributed by atoms with Crippen LogP contribution < -0.4 is 10.2 Å². The smallest absolute Gasteiger partial charge is 0.243 e. The minimum Gasteiger partial charge on any atom is -0.325 e. The van der Waals surface area contributed by atoms with E-state index < -0.39 is 5.92 Å². The van der Waals surface area contributed by atoms with Crippen molar-refractivity contribution in [2.24, 2.45) is 0 Å². The first-order valence-corrected chi connectivity index (χ1v) is 7.37. The number of hydrogen-bond donors (Lipinski definition) is 1. The van der Waals surface area contributed by atoms with Crippen molar-refractivity contribution >= 4 is 46.4 Å². The number of halogens is 2. The monoisotopic (exact) mass is 334 g/mol. The van der Waals surface area contributed by atoms with E-state index in [2.05, 4.69) is 5.32 Å². The van der Waals surface area contributed by atoms with Crippen LogP contribution >= 0.6 is 23.2 Å². The molecule has 112 valence electrons. The fourth-order valence-corrected chi connectivity index (χ4v) is 2.82. The van der Waals surface area contributed by atoms with Crippen LogP contribution in [0.2, 0.25) is 10.0 Å². The molecule has 1 unspecified atom stereocenters. The largest absolute Gasteiger partial charge is 0.325 e. The molecule has 2 aromatic rings. The SMILES string of the molecule is CN1C(=O)C(C(=O)Nc2ccc(Cl)c(Cl)c2)c2ccccc21. The Bertz CT molecular complexity index is 776. The number of carbonyl (C=O) groups excluding carboxylic acids is 2. The number of para-hydroxylation sites is 1. The third-order valence-corrected chi connectivity index (χ3v) is 4.37. The van der Waals surface area contributed by atoms with Gasteiger partial charge in [-0.05, 0) is 29.8 Å². The number of rotatable bonds is 2. The molecule has 3 rings (SSSR count). The van der Waals surface area contributed by atoms with Crippen LogP contribution in [0.4, 0.5) is 11.4 Å². The summed E-state index contributed by atoms with van der Waals surface area (Å²) < 4.78 is 0. The van der Waals surface area contributed by atoms with Gasteiger partial charge in [0.1, 0.15) is 5.92 Å². The molecule has 0 spiro atoms. The Morgan fingerprint density at radius 2 is 1.86 bits per heavy atom. The minimum atomic E-state index is -0.851. The average Bonchev–Trinajstić information content (AvgIpc) is 2.75. The minimum absolute atomic E-state index is 0.251. The van der Waals surface area contributed by atoms with Crippen LogP contribution in [0.1, 0.15) is 11.5 Å². The number of likely N-dealkylation sites (N-methyl/N-ethyl adjacent to an activating group) is 1. The molecule has 0 fully saturated rings. The Morgan fingerprint density at radius 1 is 1.14 bits per heavy atom. The zero-order chi connectivity index (χ0) is 15.9. The lowest BCUT2D eigenvalue weighted by atomic mass is 10.00. The van der Waals surface area contributed by atoms with E-state index in [9.17, 15) is 9.59 Å². The van der Waals surface area contributed by atoms with E-state index in [4.69, 9.17) is 23.2 Å².